The molecule has 31 heavy (non-hydrogen) atoms. The summed E-state index contributed by atoms with van der Waals surface area (Å²) in [4.78, 5) is 16.7. The molecule has 0 saturated carbocycles. The Kier molecular flexibility index (Phi) is 8.25. The van der Waals surface area contributed by atoms with Crippen LogP contribution in [0.5, 0.6) is 0 Å². The lowest BCUT2D eigenvalue weighted by atomic mass is 10.0. The summed E-state index contributed by atoms with van der Waals surface area (Å²) in [5.74, 6) is 0.659. The minimum Gasteiger partial charge on any atom is -0.459 e. The molecule has 1 amide bonds. The number of nitrogens with zero attached hydrogens (tertiary/aromatic N) is 1. The average Bonchev–Trinajstić information content (AvgIpc) is 3.35. The van der Waals surface area contributed by atoms with Crippen LogP contribution in [0.25, 0.3) is 0 Å². The van der Waals surface area contributed by atoms with E-state index in [9.17, 15) is 9.90 Å². The number of benzene rings is 2. The highest BCUT2D eigenvalue weighted by Crippen LogP contribution is 2.14. The van der Waals surface area contributed by atoms with Gasteiger partial charge in [0.15, 0.2) is 11.7 Å². The molecule has 0 radical (unpaired) electrons. The van der Waals surface area contributed by atoms with E-state index >= 15 is 0 Å². The molecule has 0 aliphatic rings. The maximum absolute atomic E-state index is 12.0. The van der Waals surface area contributed by atoms with Gasteiger partial charge in [0.25, 0.3) is 5.91 Å². The summed E-state index contributed by atoms with van der Waals surface area (Å²) in [6.45, 7) is 3.86. The first kappa shape index (κ1) is 22.1. The number of guanidine groups is 1. The molecule has 7 heteroatoms. The fraction of sp³-hybridized carbons (Fsp3) is 0.250. The molecular formula is C24H28N4O3. The van der Waals surface area contributed by atoms with Gasteiger partial charge in [0.05, 0.1) is 19.4 Å². The summed E-state index contributed by atoms with van der Waals surface area (Å²) >= 11 is 0. The van der Waals surface area contributed by atoms with Crippen LogP contribution in [0.3, 0.4) is 0 Å². The lowest BCUT2D eigenvalue weighted by Gasteiger charge is -2.18. The number of anilines is 1. The molecule has 0 spiro atoms. The van der Waals surface area contributed by atoms with Gasteiger partial charge in [0, 0.05) is 24.7 Å². The summed E-state index contributed by atoms with van der Waals surface area (Å²) < 4.78 is 5.10. The van der Waals surface area contributed by atoms with E-state index in [1.807, 2.05) is 61.5 Å². The van der Waals surface area contributed by atoms with Crippen LogP contribution in [-0.4, -0.2) is 36.7 Å². The van der Waals surface area contributed by atoms with Crippen molar-refractivity contribution in [3.05, 3.63) is 89.9 Å². The number of aliphatic imine (C=N–C) groups is 1. The largest absolute Gasteiger partial charge is 0.459 e. The number of hydrogen-bond donors (Lipinski definition) is 4. The molecule has 0 saturated heterocycles. The van der Waals surface area contributed by atoms with Crippen LogP contribution in [0.2, 0.25) is 0 Å². The average molecular weight is 421 g/mol. The molecule has 0 aliphatic carbocycles. The number of furan rings is 1. The molecule has 162 valence electrons. The minimum absolute atomic E-state index is 0.0119. The van der Waals surface area contributed by atoms with Crippen molar-refractivity contribution in [1.29, 1.82) is 0 Å². The lowest BCUT2D eigenvalue weighted by molar-refractivity contribution is 0.0996. The van der Waals surface area contributed by atoms with Crippen LogP contribution in [0.4, 0.5) is 5.69 Å². The van der Waals surface area contributed by atoms with Gasteiger partial charge in [-0.2, -0.15) is 0 Å². The smallest absolute Gasteiger partial charge is 0.291 e. The van der Waals surface area contributed by atoms with Crippen LogP contribution >= 0.6 is 0 Å². The van der Waals surface area contributed by atoms with Crippen molar-refractivity contribution in [2.24, 2.45) is 4.99 Å². The Hall–Kier alpha value is -3.58. The van der Waals surface area contributed by atoms with Gasteiger partial charge in [-0.25, -0.2) is 4.99 Å². The zero-order valence-corrected chi connectivity index (χ0v) is 17.5. The van der Waals surface area contributed by atoms with E-state index in [1.165, 1.54) is 6.26 Å². The summed E-state index contributed by atoms with van der Waals surface area (Å²) in [5.41, 5.74) is 2.78. The van der Waals surface area contributed by atoms with Gasteiger partial charge in [-0.3, -0.25) is 4.79 Å². The van der Waals surface area contributed by atoms with E-state index < -0.39 is 0 Å². The summed E-state index contributed by atoms with van der Waals surface area (Å²) in [6.07, 6.45) is 1.47. The van der Waals surface area contributed by atoms with Crippen molar-refractivity contribution in [2.75, 3.05) is 25.0 Å². The first-order chi connectivity index (χ1) is 15.2. The highest BCUT2D eigenvalue weighted by atomic mass is 16.3. The Morgan fingerprint density at radius 1 is 1.03 bits per heavy atom. The zero-order chi connectivity index (χ0) is 21.9. The van der Waals surface area contributed by atoms with Gasteiger partial charge in [0.1, 0.15) is 0 Å². The third-order valence-corrected chi connectivity index (χ3v) is 4.73. The number of carbonyl (C=O) groups excluding carboxylic acids is 1. The Bertz CT molecular complexity index is 954. The van der Waals surface area contributed by atoms with Crippen LogP contribution < -0.4 is 16.0 Å². The molecule has 4 N–H and O–H groups in total. The number of carbonyl (C=O) groups is 1. The molecular weight excluding hydrogens is 392 g/mol. The first-order valence-electron chi connectivity index (χ1n) is 10.3. The number of nitrogens with one attached hydrogen (secondary N) is 3. The predicted octanol–water partition coefficient (Wildman–Crippen LogP) is 3.36. The molecule has 7 nitrogen and oxygen atoms in total. The van der Waals surface area contributed by atoms with E-state index in [0.29, 0.717) is 24.7 Å². The van der Waals surface area contributed by atoms with Gasteiger partial charge < -0.3 is 25.5 Å². The summed E-state index contributed by atoms with van der Waals surface area (Å²) in [5, 5.41) is 19.1. The first-order valence-corrected chi connectivity index (χ1v) is 10.3. The van der Waals surface area contributed by atoms with Crippen molar-refractivity contribution < 1.29 is 14.3 Å². The molecule has 1 heterocycles. The van der Waals surface area contributed by atoms with E-state index in [0.717, 1.165) is 17.7 Å². The van der Waals surface area contributed by atoms with Crippen LogP contribution in [0.1, 0.15) is 34.5 Å². The van der Waals surface area contributed by atoms with Gasteiger partial charge in [0.2, 0.25) is 0 Å². The Balaban J connectivity index is 1.56. The molecule has 1 unspecified atom stereocenters. The summed E-state index contributed by atoms with van der Waals surface area (Å²) in [7, 11) is 0. The zero-order valence-electron chi connectivity index (χ0n) is 17.5. The molecule has 0 fully saturated rings. The normalized spacial score (nSPS) is 12.3. The summed E-state index contributed by atoms with van der Waals surface area (Å²) in [6, 6.07) is 20.7. The van der Waals surface area contributed by atoms with Gasteiger partial charge in [-0.05, 0) is 42.3 Å². The molecule has 0 aliphatic heterocycles. The highest BCUT2D eigenvalue weighted by molar-refractivity contribution is 6.02. The van der Waals surface area contributed by atoms with Crippen molar-refractivity contribution in [1.82, 2.24) is 10.6 Å². The molecule has 3 aromatic rings. The Morgan fingerprint density at radius 3 is 2.45 bits per heavy atom. The maximum Gasteiger partial charge on any atom is 0.291 e. The van der Waals surface area contributed by atoms with Crippen LogP contribution in [0.15, 0.2) is 82.4 Å². The van der Waals surface area contributed by atoms with Crippen molar-refractivity contribution in [2.45, 2.75) is 19.4 Å². The monoisotopic (exact) mass is 420 g/mol. The Morgan fingerprint density at radius 2 is 1.81 bits per heavy atom. The fourth-order valence-corrected chi connectivity index (χ4v) is 3.04. The highest BCUT2D eigenvalue weighted by Gasteiger charge is 2.11. The van der Waals surface area contributed by atoms with Crippen molar-refractivity contribution in [3.8, 4) is 0 Å². The maximum atomic E-state index is 12.0. The van der Waals surface area contributed by atoms with Gasteiger partial charge >= 0.3 is 0 Å². The second-order valence-corrected chi connectivity index (χ2v) is 6.99. The number of aliphatic hydroxyl groups excluding tert-OH is 1. The second kappa shape index (κ2) is 11.6. The number of aliphatic hydroxyl groups is 1. The van der Waals surface area contributed by atoms with Crippen molar-refractivity contribution in [3.63, 3.8) is 0 Å². The molecule has 1 aromatic heterocycles. The third kappa shape index (κ3) is 6.72. The fourth-order valence-electron chi connectivity index (χ4n) is 3.04. The van der Waals surface area contributed by atoms with Crippen LogP contribution in [0, 0.1) is 0 Å². The molecule has 3 rings (SSSR count). The van der Waals surface area contributed by atoms with E-state index in [4.69, 9.17) is 4.42 Å². The molecule has 2 aromatic carbocycles. The van der Waals surface area contributed by atoms with Crippen LogP contribution in [-0.2, 0) is 6.54 Å². The number of rotatable bonds is 9. The third-order valence-electron chi connectivity index (χ3n) is 4.73. The molecule has 1 atom stereocenters. The number of hydrogen-bond acceptors (Lipinski definition) is 4. The van der Waals surface area contributed by atoms with Gasteiger partial charge in [-0.1, -0.05) is 42.5 Å². The predicted molar refractivity (Wildman–Crippen MR) is 122 cm³/mol. The van der Waals surface area contributed by atoms with E-state index in [1.54, 1.807) is 12.1 Å². The van der Waals surface area contributed by atoms with Crippen molar-refractivity contribution >= 4 is 17.6 Å². The SMILES string of the molecule is CCNC(=NCc1ccc(NC(=O)c2ccco2)cc1)NCC(CO)c1ccccc1. The Labute approximate surface area is 182 Å². The standard InChI is InChI=1S/C24H28N4O3/c1-2-25-24(27-16-20(17-29)19-7-4-3-5-8-19)26-15-18-10-12-21(13-11-18)28-23(30)22-9-6-14-31-22/h3-14,20,29H,2,15-17H2,1H3,(H,28,30)(H2,25,26,27). The van der Waals surface area contributed by atoms with E-state index in [2.05, 4.69) is 20.9 Å². The minimum atomic E-state index is -0.286. The van der Waals surface area contributed by atoms with Gasteiger partial charge in [-0.15, -0.1) is 0 Å². The number of amides is 1. The molecule has 0 bridgehead atoms. The van der Waals surface area contributed by atoms with E-state index in [-0.39, 0.29) is 24.2 Å². The topological polar surface area (TPSA) is 98.9 Å². The quantitative estimate of drug-likeness (QED) is 0.314. The lowest BCUT2D eigenvalue weighted by Crippen LogP contribution is -2.39. The second-order valence-electron chi connectivity index (χ2n) is 6.99.